The smallest absolute Gasteiger partial charge is 0.0265 e. The van der Waals surface area contributed by atoms with Crippen molar-refractivity contribution in [1.29, 1.82) is 0 Å². The zero-order chi connectivity index (χ0) is 7.84. The van der Waals surface area contributed by atoms with E-state index in [-0.39, 0.29) is 0 Å². The van der Waals surface area contributed by atoms with E-state index in [1.54, 1.807) is 0 Å². The molecular weight excluding hydrogens is 156 g/mol. The summed E-state index contributed by atoms with van der Waals surface area (Å²) < 4.78 is 0. The molecule has 4 atom stereocenters. The third-order valence-corrected chi connectivity index (χ3v) is 3.44. The molecule has 0 amide bonds. The van der Waals surface area contributed by atoms with E-state index in [2.05, 4.69) is 30.2 Å². The lowest BCUT2D eigenvalue weighted by Crippen LogP contribution is -2.29. The first-order chi connectivity index (χ1) is 5.33. The summed E-state index contributed by atoms with van der Waals surface area (Å²) in [6, 6.07) is 1.50. The third-order valence-electron chi connectivity index (χ3n) is 2.92. The maximum Gasteiger partial charge on any atom is 0.0265 e. The van der Waals surface area contributed by atoms with Crippen LogP contribution in [0.5, 0.6) is 0 Å². The molecule has 1 aliphatic heterocycles. The van der Waals surface area contributed by atoms with Crippen molar-refractivity contribution in [3.05, 3.63) is 0 Å². The fraction of sp³-hybridized carbons (Fsp3) is 1.00. The molecule has 2 fully saturated rings. The maximum absolute atomic E-state index is 4.30. The Kier molecular flexibility index (Phi) is 2.12. The van der Waals surface area contributed by atoms with Gasteiger partial charge in [-0.15, -0.1) is 0 Å². The second-order valence-corrected chi connectivity index (χ2v) is 4.14. The van der Waals surface area contributed by atoms with Gasteiger partial charge in [-0.3, -0.25) is 0 Å². The van der Waals surface area contributed by atoms with Crippen molar-refractivity contribution in [3.63, 3.8) is 0 Å². The fourth-order valence-electron chi connectivity index (χ4n) is 1.90. The zero-order valence-corrected chi connectivity index (χ0v) is 7.77. The van der Waals surface area contributed by atoms with E-state index < -0.39 is 0 Å². The third kappa shape index (κ3) is 1.42. The van der Waals surface area contributed by atoms with Crippen LogP contribution in [0.1, 0.15) is 6.92 Å². The lowest BCUT2D eigenvalue weighted by atomic mass is 10.2. The Bertz CT molecular complexity index is 133. The molecule has 11 heavy (non-hydrogen) atoms. The number of hydrogen-bond acceptors (Lipinski definition) is 3. The summed E-state index contributed by atoms with van der Waals surface area (Å²) in [7, 11) is 0. The number of nitrogens with one attached hydrogen (secondary N) is 2. The standard InChI is InChI=1S/C8H16N2S/c1-5-7-8(5)10-3-6(4-11)2-9-7/h5-11H,2-4H2,1H3/t5?,6?,7-,8+. The van der Waals surface area contributed by atoms with E-state index in [9.17, 15) is 0 Å². The van der Waals surface area contributed by atoms with Crippen molar-refractivity contribution in [2.45, 2.75) is 19.0 Å². The van der Waals surface area contributed by atoms with Crippen molar-refractivity contribution < 1.29 is 0 Å². The lowest BCUT2D eigenvalue weighted by molar-refractivity contribution is 0.500. The predicted molar refractivity (Wildman–Crippen MR) is 50.1 cm³/mol. The Labute approximate surface area is 73.5 Å². The van der Waals surface area contributed by atoms with Gasteiger partial charge < -0.3 is 10.6 Å². The molecule has 2 aliphatic rings. The van der Waals surface area contributed by atoms with Gasteiger partial charge in [0.1, 0.15) is 0 Å². The summed E-state index contributed by atoms with van der Waals surface area (Å²) in [5.41, 5.74) is 0. The molecule has 0 radical (unpaired) electrons. The van der Waals surface area contributed by atoms with Gasteiger partial charge in [0.25, 0.3) is 0 Å². The Morgan fingerprint density at radius 3 is 2.27 bits per heavy atom. The van der Waals surface area contributed by atoms with E-state index in [0.717, 1.165) is 42.8 Å². The molecule has 2 N–H and O–H groups in total. The van der Waals surface area contributed by atoms with E-state index in [1.807, 2.05) is 0 Å². The molecule has 1 saturated heterocycles. The molecular formula is C8H16N2S. The highest BCUT2D eigenvalue weighted by molar-refractivity contribution is 7.80. The minimum atomic E-state index is 0.721. The molecule has 0 aromatic carbocycles. The fourth-order valence-corrected chi connectivity index (χ4v) is 2.15. The molecule has 0 aromatic rings. The highest BCUT2D eigenvalue weighted by Gasteiger charge is 2.47. The second kappa shape index (κ2) is 2.96. The van der Waals surface area contributed by atoms with Crippen LogP contribution >= 0.6 is 12.6 Å². The SMILES string of the molecule is CC1[C@H]2NCC(CS)CN[C@@H]12. The molecule has 0 bridgehead atoms. The molecule has 0 spiro atoms. The Balaban J connectivity index is 1.86. The second-order valence-electron chi connectivity index (χ2n) is 3.78. The first-order valence-electron chi connectivity index (χ1n) is 4.40. The van der Waals surface area contributed by atoms with Gasteiger partial charge in [-0.2, -0.15) is 12.6 Å². The van der Waals surface area contributed by atoms with Crippen molar-refractivity contribution in [2.24, 2.45) is 11.8 Å². The van der Waals surface area contributed by atoms with Gasteiger partial charge in [-0.05, 0) is 17.6 Å². The zero-order valence-electron chi connectivity index (χ0n) is 6.88. The van der Waals surface area contributed by atoms with E-state index in [1.165, 1.54) is 0 Å². The van der Waals surface area contributed by atoms with Crippen LogP contribution in [0.15, 0.2) is 0 Å². The highest BCUT2D eigenvalue weighted by atomic mass is 32.1. The number of fused-ring (bicyclic) bond motifs is 1. The quantitative estimate of drug-likeness (QED) is 0.489. The Morgan fingerprint density at radius 1 is 1.27 bits per heavy atom. The van der Waals surface area contributed by atoms with E-state index in [4.69, 9.17) is 0 Å². The molecule has 0 aromatic heterocycles. The average molecular weight is 172 g/mol. The largest absolute Gasteiger partial charge is 0.312 e. The van der Waals surface area contributed by atoms with Crippen molar-refractivity contribution >= 4 is 12.6 Å². The molecule has 2 unspecified atom stereocenters. The van der Waals surface area contributed by atoms with Gasteiger partial charge in [0, 0.05) is 25.2 Å². The van der Waals surface area contributed by atoms with Crippen LogP contribution in [0.2, 0.25) is 0 Å². The van der Waals surface area contributed by atoms with Crippen LogP contribution in [0.25, 0.3) is 0 Å². The molecule has 1 aliphatic carbocycles. The summed E-state index contributed by atoms with van der Waals surface area (Å²) in [5, 5.41) is 7.12. The van der Waals surface area contributed by atoms with Gasteiger partial charge in [0.05, 0.1) is 0 Å². The summed E-state index contributed by atoms with van der Waals surface area (Å²) in [6.07, 6.45) is 0. The molecule has 2 nitrogen and oxygen atoms in total. The van der Waals surface area contributed by atoms with Gasteiger partial charge in [-0.25, -0.2) is 0 Å². The van der Waals surface area contributed by atoms with Crippen LogP contribution in [-0.2, 0) is 0 Å². The topological polar surface area (TPSA) is 24.1 Å². The number of thiol groups is 1. The first kappa shape index (κ1) is 7.90. The summed E-state index contributed by atoms with van der Waals surface area (Å²) in [4.78, 5) is 0. The van der Waals surface area contributed by atoms with Crippen LogP contribution in [0.3, 0.4) is 0 Å². The van der Waals surface area contributed by atoms with Crippen LogP contribution in [0.4, 0.5) is 0 Å². The predicted octanol–water partition coefficient (Wildman–Crippen LogP) is 0.112. The summed E-state index contributed by atoms with van der Waals surface area (Å²) in [5.74, 6) is 2.56. The molecule has 1 saturated carbocycles. The number of hydrogen-bond donors (Lipinski definition) is 3. The van der Waals surface area contributed by atoms with Gasteiger partial charge in [0.2, 0.25) is 0 Å². The van der Waals surface area contributed by atoms with Gasteiger partial charge in [0.15, 0.2) is 0 Å². The molecule has 2 rings (SSSR count). The molecule has 3 heteroatoms. The van der Waals surface area contributed by atoms with Crippen molar-refractivity contribution in [1.82, 2.24) is 10.6 Å². The summed E-state index contributed by atoms with van der Waals surface area (Å²) >= 11 is 4.30. The summed E-state index contributed by atoms with van der Waals surface area (Å²) in [6.45, 7) is 4.58. The number of rotatable bonds is 1. The van der Waals surface area contributed by atoms with Crippen molar-refractivity contribution in [3.8, 4) is 0 Å². The maximum atomic E-state index is 4.30. The average Bonchev–Trinajstić information content (AvgIpc) is 2.68. The Hall–Kier alpha value is 0.270. The van der Waals surface area contributed by atoms with Crippen molar-refractivity contribution in [2.75, 3.05) is 18.8 Å². The van der Waals surface area contributed by atoms with Crippen LogP contribution < -0.4 is 10.6 Å². The first-order valence-corrected chi connectivity index (χ1v) is 5.04. The Morgan fingerprint density at radius 2 is 1.82 bits per heavy atom. The van der Waals surface area contributed by atoms with E-state index in [0.29, 0.717) is 0 Å². The highest BCUT2D eigenvalue weighted by Crippen LogP contribution is 2.32. The van der Waals surface area contributed by atoms with Gasteiger partial charge in [-0.1, -0.05) is 6.92 Å². The van der Waals surface area contributed by atoms with Crippen LogP contribution in [0, 0.1) is 11.8 Å². The monoisotopic (exact) mass is 172 g/mol. The van der Waals surface area contributed by atoms with E-state index >= 15 is 0 Å². The van der Waals surface area contributed by atoms with Gasteiger partial charge >= 0.3 is 0 Å². The van der Waals surface area contributed by atoms with Crippen LogP contribution in [-0.4, -0.2) is 30.9 Å². The molecule has 64 valence electrons. The minimum Gasteiger partial charge on any atom is -0.312 e. The minimum absolute atomic E-state index is 0.721. The normalized spacial score (nSPS) is 49.6. The molecule has 1 heterocycles. The lowest BCUT2D eigenvalue weighted by Gasteiger charge is -2.12.